The zero-order valence-corrected chi connectivity index (χ0v) is 26.6. The van der Waals surface area contributed by atoms with Crippen molar-refractivity contribution >= 4 is 17.5 Å². The summed E-state index contributed by atoms with van der Waals surface area (Å²) in [6, 6.07) is 23.4. The predicted octanol–water partition coefficient (Wildman–Crippen LogP) is 5.26. The van der Waals surface area contributed by atoms with Gasteiger partial charge in [-0.2, -0.15) is 0 Å². The van der Waals surface area contributed by atoms with Crippen LogP contribution in [0.15, 0.2) is 66.7 Å². The third-order valence-electron chi connectivity index (χ3n) is 10.5. The number of likely N-dealkylation sites (N-methyl/N-ethyl adjacent to an activating group) is 1. The van der Waals surface area contributed by atoms with E-state index in [1.54, 1.807) is 0 Å². The number of benzene rings is 3. The minimum atomic E-state index is -0.655. The minimum absolute atomic E-state index is 0.110. The maximum absolute atomic E-state index is 13.9. The summed E-state index contributed by atoms with van der Waals surface area (Å²) in [7, 11) is 0. The Labute approximate surface area is 267 Å². The second-order valence-corrected chi connectivity index (χ2v) is 13.1. The molecule has 2 amide bonds. The van der Waals surface area contributed by atoms with Crippen LogP contribution in [0.4, 0.5) is 5.69 Å². The summed E-state index contributed by atoms with van der Waals surface area (Å²) in [4.78, 5) is 34.3. The van der Waals surface area contributed by atoms with Crippen molar-refractivity contribution < 1.29 is 14.3 Å². The van der Waals surface area contributed by atoms with Gasteiger partial charge in [-0.25, -0.2) is 0 Å². The van der Waals surface area contributed by atoms with Gasteiger partial charge < -0.3 is 19.9 Å². The molecule has 0 radical (unpaired) electrons. The van der Waals surface area contributed by atoms with Crippen molar-refractivity contribution in [2.24, 2.45) is 0 Å². The third kappa shape index (κ3) is 5.66. The highest BCUT2D eigenvalue weighted by Crippen LogP contribution is 2.51. The largest absolute Gasteiger partial charge is 0.376 e. The number of amides is 2. The van der Waals surface area contributed by atoms with Gasteiger partial charge in [0, 0.05) is 63.7 Å². The lowest BCUT2D eigenvalue weighted by Crippen LogP contribution is -2.48. The molecule has 1 atom stereocenters. The van der Waals surface area contributed by atoms with Crippen molar-refractivity contribution in [3.8, 4) is 11.1 Å². The van der Waals surface area contributed by atoms with Gasteiger partial charge in [0.2, 0.25) is 5.91 Å². The molecule has 3 heterocycles. The Bertz CT molecular complexity index is 1490. The molecule has 1 unspecified atom stereocenters. The van der Waals surface area contributed by atoms with Crippen LogP contribution in [0.25, 0.3) is 11.1 Å². The van der Waals surface area contributed by atoms with Crippen LogP contribution in [-0.2, 0) is 21.4 Å². The first-order valence-corrected chi connectivity index (χ1v) is 17.1. The second-order valence-electron chi connectivity index (χ2n) is 13.1. The molecule has 7 heteroatoms. The van der Waals surface area contributed by atoms with Crippen LogP contribution in [0, 0.1) is 0 Å². The van der Waals surface area contributed by atoms with Crippen LogP contribution >= 0.6 is 0 Å². The molecule has 236 valence electrons. The van der Waals surface area contributed by atoms with E-state index >= 15 is 0 Å². The van der Waals surface area contributed by atoms with Gasteiger partial charge in [0.15, 0.2) is 0 Å². The van der Waals surface area contributed by atoms with Gasteiger partial charge in [0.1, 0.15) is 5.41 Å². The van der Waals surface area contributed by atoms with Crippen LogP contribution < -0.4 is 10.2 Å². The summed E-state index contributed by atoms with van der Waals surface area (Å²) < 4.78 is 5.94. The molecule has 1 aliphatic carbocycles. The van der Waals surface area contributed by atoms with Gasteiger partial charge in [-0.15, -0.1) is 0 Å². The van der Waals surface area contributed by atoms with Crippen molar-refractivity contribution in [2.75, 3.05) is 63.9 Å². The summed E-state index contributed by atoms with van der Waals surface area (Å²) in [5.74, 6) is 0.265. The molecule has 45 heavy (non-hydrogen) atoms. The number of nitrogens with one attached hydrogen (secondary N) is 1. The van der Waals surface area contributed by atoms with Gasteiger partial charge in [0.05, 0.1) is 6.10 Å². The Balaban J connectivity index is 0.989. The van der Waals surface area contributed by atoms with Crippen molar-refractivity contribution in [2.45, 2.75) is 57.0 Å². The number of anilines is 1. The summed E-state index contributed by atoms with van der Waals surface area (Å²) >= 11 is 0. The summed E-state index contributed by atoms with van der Waals surface area (Å²) in [5, 5.41) is 3.18. The fourth-order valence-electron chi connectivity index (χ4n) is 8.14. The van der Waals surface area contributed by atoms with E-state index in [0.29, 0.717) is 13.1 Å². The van der Waals surface area contributed by atoms with Crippen LogP contribution in [0.2, 0.25) is 0 Å². The fourth-order valence-corrected chi connectivity index (χ4v) is 8.14. The molecule has 7 nitrogen and oxygen atoms in total. The van der Waals surface area contributed by atoms with Crippen LogP contribution in [0.5, 0.6) is 0 Å². The number of piperazine rings is 1. The first-order valence-electron chi connectivity index (χ1n) is 17.1. The highest BCUT2D eigenvalue weighted by atomic mass is 16.5. The van der Waals surface area contributed by atoms with E-state index in [2.05, 4.69) is 81.8 Å². The molecule has 0 spiro atoms. The number of carbonyl (C=O) groups is 2. The number of hydrogen-bond donors (Lipinski definition) is 1. The van der Waals surface area contributed by atoms with Crippen molar-refractivity contribution in [3.05, 3.63) is 89.0 Å². The summed E-state index contributed by atoms with van der Waals surface area (Å²) in [6.07, 6.45) is 6.17. The number of nitrogens with zero attached hydrogens (tertiary/aromatic N) is 3. The average Bonchev–Trinajstić information content (AvgIpc) is 3.37. The molecule has 0 saturated carbocycles. The molecule has 7 rings (SSSR count). The molecule has 1 N–H and O–H groups in total. The van der Waals surface area contributed by atoms with Crippen LogP contribution in [0.1, 0.15) is 66.1 Å². The topological polar surface area (TPSA) is 65.1 Å². The smallest absolute Gasteiger partial charge is 0.254 e. The molecule has 0 aromatic heterocycles. The minimum Gasteiger partial charge on any atom is -0.376 e. The first kappa shape index (κ1) is 30.0. The lowest BCUT2D eigenvalue weighted by Gasteiger charge is -2.38. The van der Waals surface area contributed by atoms with Crippen molar-refractivity contribution in [1.29, 1.82) is 0 Å². The average molecular weight is 607 g/mol. The lowest BCUT2D eigenvalue weighted by molar-refractivity contribution is -0.125. The van der Waals surface area contributed by atoms with Gasteiger partial charge in [0.25, 0.3) is 5.91 Å². The molecule has 3 aliphatic heterocycles. The van der Waals surface area contributed by atoms with Gasteiger partial charge in [-0.05, 0) is 91.9 Å². The van der Waals surface area contributed by atoms with E-state index in [4.69, 9.17) is 4.74 Å². The highest BCUT2D eigenvalue weighted by molar-refractivity contribution is 6.00. The normalized spacial score (nSPS) is 20.8. The van der Waals surface area contributed by atoms with Gasteiger partial charge >= 0.3 is 0 Å². The molecule has 2 fully saturated rings. The number of hydrogen-bond acceptors (Lipinski definition) is 5. The Hall–Kier alpha value is -3.68. The molecule has 4 aliphatic rings. The SMILES string of the molecule is CCNC(=O)C1(CCCN2CCN(c3ccc4c(c3)C(=O)N(CC3CCCCO3)CC4)CC2)c2ccccc2-c2ccccc21. The Morgan fingerprint density at radius 3 is 2.33 bits per heavy atom. The zero-order chi connectivity index (χ0) is 30.8. The zero-order valence-electron chi connectivity index (χ0n) is 26.6. The molecule has 3 aromatic carbocycles. The molecular formula is C38H46N4O3. The molecule has 0 bridgehead atoms. The summed E-state index contributed by atoms with van der Waals surface area (Å²) in [5.41, 5.74) is 7.15. The molecule has 2 saturated heterocycles. The van der Waals surface area contributed by atoms with E-state index in [-0.39, 0.29) is 17.9 Å². The standard InChI is InChI=1S/C38H46N4O3/c1-2-39-37(44)38(34-13-5-3-11-31(34)32-12-4-6-14-35(32)38)18-9-19-40-21-23-41(24-22-40)29-16-15-28-17-20-42(36(43)33(28)26-29)27-30-10-7-8-25-45-30/h3-6,11-16,26,30H,2,7-10,17-25,27H2,1H3,(H,39,44). The predicted molar refractivity (Wildman–Crippen MR) is 179 cm³/mol. The lowest BCUT2D eigenvalue weighted by atomic mass is 9.73. The van der Waals surface area contributed by atoms with Crippen LogP contribution in [-0.4, -0.2) is 86.7 Å². The number of fused-ring (bicyclic) bond motifs is 4. The number of rotatable bonds is 9. The fraction of sp³-hybridized carbons (Fsp3) is 0.474. The van der Waals surface area contributed by atoms with Crippen molar-refractivity contribution in [3.63, 3.8) is 0 Å². The van der Waals surface area contributed by atoms with Gasteiger partial charge in [-0.3, -0.25) is 14.5 Å². The third-order valence-corrected chi connectivity index (χ3v) is 10.5. The Morgan fingerprint density at radius 1 is 0.911 bits per heavy atom. The van der Waals surface area contributed by atoms with E-state index in [9.17, 15) is 9.59 Å². The summed E-state index contributed by atoms with van der Waals surface area (Å²) in [6.45, 7) is 9.68. The maximum atomic E-state index is 13.9. The quantitative estimate of drug-likeness (QED) is 0.360. The highest BCUT2D eigenvalue weighted by Gasteiger charge is 2.48. The van der Waals surface area contributed by atoms with Crippen LogP contribution in [0.3, 0.4) is 0 Å². The first-order chi connectivity index (χ1) is 22.1. The second kappa shape index (κ2) is 13.0. The van der Waals surface area contributed by atoms with Gasteiger partial charge in [-0.1, -0.05) is 54.6 Å². The van der Waals surface area contributed by atoms with E-state index < -0.39 is 5.41 Å². The Kier molecular flexibility index (Phi) is 8.65. The van der Waals surface area contributed by atoms with E-state index in [1.165, 1.54) is 23.1 Å². The maximum Gasteiger partial charge on any atom is 0.254 e. The van der Waals surface area contributed by atoms with E-state index in [1.807, 2.05) is 11.8 Å². The molecular weight excluding hydrogens is 560 g/mol. The number of ether oxygens (including phenoxy) is 1. The Morgan fingerprint density at radius 2 is 1.64 bits per heavy atom. The van der Waals surface area contributed by atoms with E-state index in [0.717, 1.165) is 100 Å². The van der Waals surface area contributed by atoms with Crippen molar-refractivity contribution in [1.82, 2.24) is 15.1 Å². The molecule has 3 aromatic rings. The number of carbonyl (C=O) groups excluding carboxylic acids is 2. The monoisotopic (exact) mass is 606 g/mol.